The number of carbonyl (C=O) groups excluding carboxylic acids is 2. The van der Waals surface area contributed by atoms with Gasteiger partial charge in [-0.3, -0.25) is 13.9 Å². The van der Waals surface area contributed by atoms with Gasteiger partial charge in [0.15, 0.2) is 11.5 Å². The summed E-state index contributed by atoms with van der Waals surface area (Å²) in [6.45, 7) is 7.94. The Labute approximate surface area is 240 Å². The second-order valence-corrected chi connectivity index (χ2v) is 12.6. The van der Waals surface area contributed by atoms with Crippen molar-refractivity contribution in [2.45, 2.75) is 46.7 Å². The Bertz CT molecular complexity index is 1290. The number of fused-ring (bicyclic) bond motifs is 1. The number of rotatable bonds is 12. The van der Waals surface area contributed by atoms with E-state index in [-0.39, 0.29) is 29.8 Å². The van der Waals surface area contributed by atoms with E-state index in [1.807, 2.05) is 13.8 Å². The average Bonchev–Trinajstić information content (AvgIpc) is 2.91. The molecule has 0 saturated carbocycles. The monoisotopic (exact) mass is 599 g/mol. The highest BCUT2D eigenvalue weighted by Crippen LogP contribution is 2.35. The number of halogens is 2. The molecule has 0 fully saturated rings. The Morgan fingerprint density at radius 2 is 1.69 bits per heavy atom. The molecule has 39 heavy (non-hydrogen) atoms. The number of amides is 2. The Hall–Kier alpha value is -2.69. The maximum absolute atomic E-state index is 13.9. The molecule has 12 heteroatoms. The van der Waals surface area contributed by atoms with E-state index < -0.39 is 28.5 Å². The molecule has 214 valence electrons. The average molecular weight is 601 g/mol. The molecule has 9 nitrogen and oxygen atoms in total. The Morgan fingerprint density at radius 1 is 1.00 bits per heavy atom. The summed E-state index contributed by atoms with van der Waals surface area (Å²) in [5, 5.41) is 3.56. The van der Waals surface area contributed by atoms with E-state index in [1.165, 1.54) is 11.8 Å². The largest absolute Gasteiger partial charge is 0.486 e. The minimum atomic E-state index is -3.88. The third kappa shape index (κ3) is 7.93. The van der Waals surface area contributed by atoms with E-state index in [1.54, 1.807) is 43.3 Å². The van der Waals surface area contributed by atoms with Crippen LogP contribution in [0.5, 0.6) is 11.5 Å². The highest BCUT2D eigenvalue weighted by atomic mass is 35.5. The number of sulfonamides is 1. The zero-order valence-corrected chi connectivity index (χ0v) is 24.9. The molecule has 2 aromatic rings. The van der Waals surface area contributed by atoms with E-state index in [0.717, 1.165) is 4.31 Å². The Kier molecular flexibility index (Phi) is 10.7. The summed E-state index contributed by atoms with van der Waals surface area (Å²) < 4.78 is 38.6. The lowest BCUT2D eigenvalue weighted by Gasteiger charge is -2.33. The quantitative estimate of drug-likeness (QED) is 0.385. The summed E-state index contributed by atoms with van der Waals surface area (Å²) in [5.41, 5.74) is 0.915. The van der Waals surface area contributed by atoms with Crippen molar-refractivity contribution in [2.75, 3.05) is 36.4 Å². The maximum atomic E-state index is 13.9. The van der Waals surface area contributed by atoms with Crippen LogP contribution in [0.2, 0.25) is 10.0 Å². The van der Waals surface area contributed by atoms with E-state index >= 15 is 0 Å². The summed E-state index contributed by atoms with van der Waals surface area (Å²) in [5.74, 6) is 0.0246. The first kappa shape index (κ1) is 30.8. The molecule has 0 bridgehead atoms. The summed E-state index contributed by atoms with van der Waals surface area (Å²) in [6.07, 6.45) is 0.321. The van der Waals surface area contributed by atoms with Crippen LogP contribution in [0.25, 0.3) is 0 Å². The Balaban J connectivity index is 1.98. The van der Waals surface area contributed by atoms with Gasteiger partial charge in [0.25, 0.3) is 0 Å². The highest BCUT2D eigenvalue weighted by Gasteiger charge is 2.33. The van der Waals surface area contributed by atoms with Gasteiger partial charge in [-0.1, -0.05) is 50.0 Å². The van der Waals surface area contributed by atoms with Gasteiger partial charge < -0.3 is 19.7 Å². The van der Waals surface area contributed by atoms with E-state index in [9.17, 15) is 18.0 Å². The molecule has 1 atom stereocenters. The molecule has 0 spiro atoms. The number of anilines is 1. The molecule has 1 heterocycles. The van der Waals surface area contributed by atoms with Crippen LogP contribution >= 0.6 is 23.2 Å². The van der Waals surface area contributed by atoms with Gasteiger partial charge in [0.05, 0.1) is 21.5 Å². The van der Waals surface area contributed by atoms with Crippen molar-refractivity contribution in [2.24, 2.45) is 5.92 Å². The van der Waals surface area contributed by atoms with Gasteiger partial charge in [-0.15, -0.1) is 0 Å². The fourth-order valence-electron chi connectivity index (χ4n) is 4.08. The molecule has 1 aliphatic heterocycles. The van der Waals surface area contributed by atoms with Gasteiger partial charge in [-0.05, 0) is 49.1 Å². The second-order valence-electron chi connectivity index (χ2n) is 9.57. The molecule has 3 rings (SSSR count). The molecule has 1 aliphatic rings. The van der Waals surface area contributed by atoms with Crippen molar-refractivity contribution >= 4 is 50.7 Å². The lowest BCUT2D eigenvalue weighted by molar-refractivity contribution is -0.140. The number of carbonyl (C=O) groups is 2. The van der Waals surface area contributed by atoms with Gasteiger partial charge in [0.1, 0.15) is 25.8 Å². The lowest BCUT2D eigenvalue weighted by Crippen LogP contribution is -2.52. The van der Waals surface area contributed by atoms with Gasteiger partial charge in [-0.25, -0.2) is 8.42 Å². The van der Waals surface area contributed by atoms with Crippen LogP contribution in [0.15, 0.2) is 36.4 Å². The number of hydrogen-bond donors (Lipinski definition) is 1. The standard InChI is InChI=1S/C27H35Cl2N3O6S/c1-5-23(27(34)30-15-18(3)4)31(16-19-7-9-21(28)22(29)13-19)26(33)17-32(39(35,36)6-2)20-8-10-24-25(14-20)38-12-11-37-24/h7-10,13-14,18,23H,5-6,11-12,15-17H2,1-4H3,(H,30,34). The molecular formula is C27H35Cl2N3O6S. The molecule has 2 amide bonds. The summed E-state index contributed by atoms with van der Waals surface area (Å²) in [4.78, 5) is 28.5. The molecule has 1 N–H and O–H groups in total. The van der Waals surface area contributed by atoms with Gasteiger partial charge >= 0.3 is 0 Å². The molecule has 1 unspecified atom stereocenters. The predicted octanol–water partition coefficient (Wildman–Crippen LogP) is 4.50. The van der Waals surface area contributed by atoms with Crippen LogP contribution < -0.4 is 19.1 Å². The van der Waals surface area contributed by atoms with Crippen molar-refractivity contribution in [1.82, 2.24) is 10.2 Å². The molecule has 0 saturated heterocycles. The SMILES string of the molecule is CCC(C(=O)NCC(C)C)N(Cc1ccc(Cl)c(Cl)c1)C(=O)CN(c1ccc2c(c1)OCCO2)S(=O)(=O)CC. The van der Waals surface area contributed by atoms with Gasteiger partial charge in [-0.2, -0.15) is 0 Å². The number of hydrogen-bond acceptors (Lipinski definition) is 6. The maximum Gasteiger partial charge on any atom is 0.244 e. The van der Waals surface area contributed by atoms with Crippen molar-refractivity contribution < 1.29 is 27.5 Å². The number of ether oxygens (including phenoxy) is 2. The molecule has 0 aliphatic carbocycles. The smallest absolute Gasteiger partial charge is 0.244 e. The first-order chi connectivity index (χ1) is 18.5. The number of benzene rings is 2. The minimum absolute atomic E-state index is 0.0322. The third-order valence-corrected chi connectivity index (χ3v) is 8.68. The fourth-order valence-corrected chi connectivity index (χ4v) is 5.46. The summed E-state index contributed by atoms with van der Waals surface area (Å²) in [6, 6.07) is 8.87. The van der Waals surface area contributed by atoms with Crippen LogP contribution in [-0.2, 0) is 26.2 Å². The number of nitrogens with zero attached hydrogens (tertiary/aromatic N) is 2. The Morgan fingerprint density at radius 3 is 2.31 bits per heavy atom. The first-order valence-electron chi connectivity index (χ1n) is 12.9. The van der Waals surface area contributed by atoms with Crippen molar-refractivity contribution in [3.63, 3.8) is 0 Å². The summed E-state index contributed by atoms with van der Waals surface area (Å²) in [7, 11) is -3.88. The van der Waals surface area contributed by atoms with Crippen LogP contribution in [0.4, 0.5) is 5.69 Å². The van der Waals surface area contributed by atoms with E-state index in [4.69, 9.17) is 32.7 Å². The van der Waals surface area contributed by atoms with E-state index in [0.29, 0.717) is 53.3 Å². The first-order valence-corrected chi connectivity index (χ1v) is 15.2. The third-order valence-electron chi connectivity index (χ3n) is 6.20. The topological polar surface area (TPSA) is 105 Å². The molecule has 0 aromatic heterocycles. The van der Waals surface area contributed by atoms with Crippen LogP contribution in [0, 0.1) is 5.92 Å². The van der Waals surface area contributed by atoms with Crippen LogP contribution in [-0.4, -0.2) is 63.2 Å². The van der Waals surface area contributed by atoms with Gasteiger partial charge in [0.2, 0.25) is 21.8 Å². The van der Waals surface area contributed by atoms with Crippen molar-refractivity contribution in [1.29, 1.82) is 0 Å². The normalized spacial score (nSPS) is 13.6. The highest BCUT2D eigenvalue weighted by molar-refractivity contribution is 7.92. The van der Waals surface area contributed by atoms with Crippen LogP contribution in [0.1, 0.15) is 39.7 Å². The lowest BCUT2D eigenvalue weighted by atomic mass is 10.1. The fraction of sp³-hybridized carbons (Fsp3) is 0.481. The molecule has 0 radical (unpaired) electrons. The van der Waals surface area contributed by atoms with E-state index in [2.05, 4.69) is 5.32 Å². The molecular weight excluding hydrogens is 565 g/mol. The van der Waals surface area contributed by atoms with Gasteiger partial charge in [0, 0.05) is 19.2 Å². The van der Waals surface area contributed by atoms with Crippen molar-refractivity contribution in [3.05, 3.63) is 52.0 Å². The molecule has 2 aromatic carbocycles. The zero-order valence-electron chi connectivity index (χ0n) is 22.6. The minimum Gasteiger partial charge on any atom is -0.486 e. The summed E-state index contributed by atoms with van der Waals surface area (Å²) >= 11 is 12.3. The van der Waals surface area contributed by atoms with Crippen molar-refractivity contribution in [3.8, 4) is 11.5 Å². The van der Waals surface area contributed by atoms with Crippen LogP contribution in [0.3, 0.4) is 0 Å². The zero-order chi connectivity index (χ0) is 28.7. The number of nitrogens with one attached hydrogen (secondary N) is 1. The predicted molar refractivity (Wildman–Crippen MR) is 153 cm³/mol. The second kappa shape index (κ2) is 13.6.